The van der Waals surface area contributed by atoms with E-state index in [1.54, 1.807) is 12.1 Å². The number of aryl methyl sites for hydroxylation is 2. The summed E-state index contributed by atoms with van der Waals surface area (Å²) in [6.45, 7) is 7.80. The van der Waals surface area contributed by atoms with Gasteiger partial charge in [0.2, 0.25) is 0 Å². The first-order valence-corrected chi connectivity index (χ1v) is 12.3. The zero-order valence-electron chi connectivity index (χ0n) is 20.9. The number of rotatable bonds is 6. The third-order valence-electron chi connectivity index (χ3n) is 6.60. The SMILES string of the molecule is Cc1cc(C=O)c(O)c(CN2CCCCN(Cc3cc(C)cc(C=O)c3O)Cc3cccc(n3)C2)c1. The maximum Gasteiger partial charge on any atom is 0.153 e. The van der Waals surface area contributed by atoms with Crippen molar-refractivity contribution in [1.82, 2.24) is 14.8 Å². The molecule has 1 aliphatic rings. The fraction of sp³-hybridized carbons (Fsp3) is 0.345. The summed E-state index contributed by atoms with van der Waals surface area (Å²) in [5, 5.41) is 21.2. The molecule has 36 heavy (non-hydrogen) atoms. The van der Waals surface area contributed by atoms with Crippen LogP contribution in [0.2, 0.25) is 0 Å². The van der Waals surface area contributed by atoms with Crippen LogP contribution in [0.25, 0.3) is 0 Å². The maximum absolute atomic E-state index is 11.4. The molecule has 2 aromatic carbocycles. The van der Waals surface area contributed by atoms with E-state index in [9.17, 15) is 19.8 Å². The van der Waals surface area contributed by atoms with Gasteiger partial charge in [0.25, 0.3) is 0 Å². The van der Waals surface area contributed by atoms with Gasteiger partial charge in [-0.2, -0.15) is 0 Å². The number of phenols is 2. The van der Waals surface area contributed by atoms with Crippen LogP contribution in [-0.4, -0.2) is 50.7 Å². The van der Waals surface area contributed by atoms with Gasteiger partial charge >= 0.3 is 0 Å². The van der Waals surface area contributed by atoms with Crippen LogP contribution in [0, 0.1) is 13.8 Å². The summed E-state index contributed by atoms with van der Waals surface area (Å²) in [6.07, 6.45) is 3.28. The molecule has 0 spiro atoms. The molecule has 7 heteroatoms. The summed E-state index contributed by atoms with van der Waals surface area (Å²) < 4.78 is 0. The van der Waals surface area contributed by atoms with Crippen molar-refractivity contribution in [1.29, 1.82) is 0 Å². The molecular formula is C29H33N3O4. The number of carbonyl (C=O) groups excluding carboxylic acids is 2. The Balaban J connectivity index is 1.54. The molecule has 1 aliphatic heterocycles. The van der Waals surface area contributed by atoms with Crippen molar-refractivity contribution >= 4 is 12.6 Å². The normalized spacial score (nSPS) is 15.3. The minimum absolute atomic E-state index is 0.0467. The fourth-order valence-electron chi connectivity index (χ4n) is 4.93. The summed E-state index contributed by atoms with van der Waals surface area (Å²) >= 11 is 0. The number of aldehydes is 2. The Morgan fingerprint density at radius 3 is 1.64 bits per heavy atom. The molecular weight excluding hydrogens is 454 g/mol. The first-order chi connectivity index (χ1) is 17.4. The molecule has 2 bridgehead atoms. The van der Waals surface area contributed by atoms with Gasteiger partial charge in [-0.05, 0) is 75.2 Å². The van der Waals surface area contributed by atoms with E-state index < -0.39 is 0 Å². The zero-order chi connectivity index (χ0) is 25.7. The zero-order valence-corrected chi connectivity index (χ0v) is 20.9. The largest absolute Gasteiger partial charge is 0.507 e. The molecule has 0 amide bonds. The van der Waals surface area contributed by atoms with Crippen molar-refractivity contribution in [2.45, 2.75) is 52.9 Å². The van der Waals surface area contributed by atoms with E-state index >= 15 is 0 Å². The number of aromatic nitrogens is 1. The molecule has 188 valence electrons. The second kappa shape index (κ2) is 11.5. The summed E-state index contributed by atoms with van der Waals surface area (Å²) in [5.41, 5.74) is 5.88. The molecule has 2 heterocycles. The quantitative estimate of drug-likeness (QED) is 0.493. The predicted octanol–water partition coefficient (Wildman–Crippen LogP) is 4.53. The molecule has 0 fully saturated rings. The van der Waals surface area contributed by atoms with E-state index in [-0.39, 0.29) is 11.5 Å². The van der Waals surface area contributed by atoms with Crippen LogP contribution in [-0.2, 0) is 26.2 Å². The maximum atomic E-state index is 11.4. The van der Waals surface area contributed by atoms with Crippen LogP contribution in [0.1, 0.15) is 67.2 Å². The highest BCUT2D eigenvalue weighted by Gasteiger charge is 2.18. The molecule has 3 aromatic rings. The minimum atomic E-state index is 0.0467. The molecule has 4 rings (SSSR count). The van der Waals surface area contributed by atoms with Crippen LogP contribution in [0.3, 0.4) is 0 Å². The number of carbonyl (C=O) groups is 2. The number of pyridine rings is 1. The molecule has 0 saturated heterocycles. The van der Waals surface area contributed by atoms with Crippen LogP contribution in [0.4, 0.5) is 0 Å². The number of nitrogens with zero attached hydrogens (tertiary/aromatic N) is 3. The predicted molar refractivity (Wildman–Crippen MR) is 138 cm³/mol. The van der Waals surface area contributed by atoms with Crippen molar-refractivity contribution in [3.05, 3.63) is 87.2 Å². The Morgan fingerprint density at radius 1 is 0.778 bits per heavy atom. The van der Waals surface area contributed by atoms with Gasteiger partial charge in [-0.1, -0.05) is 18.2 Å². The molecule has 0 unspecified atom stereocenters. The molecule has 0 aliphatic carbocycles. The van der Waals surface area contributed by atoms with Gasteiger partial charge in [-0.25, -0.2) is 0 Å². The van der Waals surface area contributed by atoms with Gasteiger partial charge in [0.1, 0.15) is 11.5 Å². The van der Waals surface area contributed by atoms with Crippen LogP contribution >= 0.6 is 0 Å². The van der Waals surface area contributed by atoms with Gasteiger partial charge in [0.15, 0.2) is 12.6 Å². The third-order valence-corrected chi connectivity index (χ3v) is 6.60. The first kappa shape index (κ1) is 25.5. The number of benzene rings is 2. The Bertz CT molecular complexity index is 1160. The minimum Gasteiger partial charge on any atom is -0.507 e. The average Bonchev–Trinajstić information content (AvgIpc) is 2.87. The van der Waals surface area contributed by atoms with E-state index in [1.807, 2.05) is 44.2 Å². The van der Waals surface area contributed by atoms with Crippen molar-refractivity contribution in [2.24, 2.45) is 0 Å². The second-order valence-electron chi connectivity index (χ2n) is 9.71. The van der Waals surface area contributed by atoms with Gasteiger partial charge in [0, 0.05) is 37.3 Å². The van der Waals surface area contributed by atoms with Crippen LogP contribution < -0.4 is 0 Å². The van der Waals surface area contributed by atoms with Gasteiger partial charge in [-0.3, -0.25) is 24.4 Å². The van der Waals surface area contributed by atoms with E-state index in [4.69, 9.17) is 4.98 Å². The van der Waals surface area contributed by atoms with Crippen molar-refractivity contribution < 1.29 is 19.8 Å². The van der Waals surface area contributed by atoms with Crippen molar-refractivity contribution in [2.75, 3.05) is 13.1 Å². The molecule has 0 atom stereocenters. The van der Waals surface area contributed by atoms with Crippen molar-refractivity contribution in [3.63, 3.8) is 0 Å². The molecule has 7 nitrogen and oxygen atoms in total. The van der Waals surface area contributed by atoms with Crippen LogP contribution in [0.5, 0.6) is 11.5 Å². The Kier molecular flexibility index (Phi) is 8.13. The number of phenolic OH excluding ortho intramolecular Hbond substituents is 2. The number of hydrogen-bond donors (Lipinski definition) is 2. The Morgan fingerprint density at radius 2 is 1.22 bits per heavy atom. The smallest absolute Gasteiger partial charge is 0.153 e. The van der Waals surface area contributed by atoms with Gasteiger partial charge in [-0.15, -0.1) is 0 Å². The lowest BCUT2D eigenvalue weighted by Gasteiger charge is -2.24. The lowest BCUT2D eigenvalue weighted by Crippen LogP contribution is -2.26. The van der Waals surface area contributed by atoms with E-state index in [2.05, 4.69) is 9.80 Å². The Hall–Kier alpha value is -3.55. The van der Waals surface area contributed by atoms with Crippen LogP contribution in [0.15, 0.2) is 42.5 Å². The third kappa shape index (κ3) is 6.17. The highest BCUT2D eigenvalue weighted by Crippen LogP contribution is 2.27. The van der Waals surface area contributed by atoms with Crippen molar-refractivity contribution in [3.8, 4) is 11.5 Å². The van der Waals surface area contributed by atoms with E-state index in [0.717, 1.165) is 59.6 Å². The lowest BCUT2D eigenvalue weighted by molar-refractivity contribution is 0.111. The topological polar surface area (TPSA) is 94.0 Å². The van der Waals surface area contributed by atoms with E-state index in [0.29, 0.717) is 49.9 Å². The van der Waals surface area contributed by atoms with Gasteiger partial charge in [0.05, 0.1) is 22.5 Å². The summed E-state index contributed by atoms with van der Waals surface area (Å²) in [7, 11) is 0. The summed E-state index contributed by atoms with van der Waals surface area (Å²) in [4.78, 5) is 32.2. The molecule has 0 saturated carbocycles. The Labute approximate surface area is 212 Å². The number of hydrogen-bond acceptors (Lipinski definition) is 7. The van der Waals surface area contributed by atoms with Gasteiger partial charge < -0.3 is 10.2 Å². The standard InChI is InChI=1S/C29H33N3O4/c1-20-10-22(28(35)24(12-20)18-33)14-31-8-3-4-9-32(17-27-7-5-6-26(16-31)30-27)15-23-11-21(2)13-25(19-34)29(23)36/h5-7,10-13,18-19,35-36H,3-4,8-9,14-17H2,1-2H3. The number of aromatic hydroxyl groups is 2. The monoisotopic (exact) mass is 487 g/mol. The number of fused-ring (bicyclic) bond motifs is 2. The highest BCUT2D eigenvalue weighted by molar-refractivity contribution is 5.81. The van der Waals surface area contributed by atoms with E-state index in [1.165, 1.54) is 0 Å². The molecule has 1 aromatic heterocycles. The highest BCUT2D eigenvalue weighted by atomic mass is 16.3. The average molecular weight is 488 g/mol. The second-order valence-corrected chi connectivity index (χ2v) is 9.71. The molecule has 2 N–H and O–H groups in total. The molecule has 0 radical (unpaired) electrons. The lowest BCUT2D eigenvalue weighted by atomic mass is 10.0. The summed E-state index contributed by atoms with van der Waals surface area (Å²) in [6, 6.07) is 13.3. The fourth-order valence-corrected chi connectivity index (χ4v) is 4.93. The summed E-state index contributed by atoms with van der Waals surface area (Å²) in [5.74, 6) is 0.0934. The first-order valence-electron chi connectivity index (χ1n) is 12.3.